The van der Waals surface area contributed by atoms with Crippen LogP contribution in [0.15, 0.2) is 0 Å². The molecule has 0 aromatic carbocycles. The molecule has 0 saturated carbocycles. The number of nitrogens with zero attached hydrogens (tertiary/aromatic N) is 2. The molecule has 18 heavy (non-hydrogen) atoms. The molecular weight excluding hydrogens is 240 g/mol. The van der Waals surface area contributed by atoms with E-state index in [1.165, 1.54) is 69.8 Å². The highest BCUT2D eigenvalue weighted by Gasteiger charge is 2.33. The third kappa shape index (κ3) is 3.05. The Kier molecular flexibility index (Phi) is 4.53. The van der Waals surface area contributed by atoms with E-state index < -0.39 is 0 Å². The topological polar surface area (TPSA) is 6.48 Å². The van der Waals surface area contributed by atoms with Crippen molar-refractivity contribution in [2.45, 2.75) is 51.1 Å². The van der Waals surface area contributed by atoms with Crippen LogP contribution in [0.3, 0.4) is 0 Å². The average Bonchev–Trinajstić information content (AvgIpc) is 2.41. The van der Waals surface area contributed by atoms with Crippen LogP contribution >= 0.6 is 11.8 Å². The lowest BCUT2D eigenvalue weighted by Gasteiger charge is -2.48. The van der Waals surface area contributed by atoms with Gasteiger partial charge >= 0.3 is 0 Å². The zero-order valence-electron chi connectivity index (χ0n) is 11.8. The lowest BCUT2D eigenvalue weighted by molar-refractivity contribution is 0.00711. The highest BCUT2D eigenvalue weighted by Crippen LogP contribution is 2.28. The second-order valence-corrected chi connectivity index (χ2v) is 7.73. The van der Waals surface area contributed by atoms with Crippen molar-refractivity contribution in [2.24, 2.45) is 5.92 Å². The largest absolute Gasteiger partial charge is 0.298 e. The Labute approximate surface area is 116 Å². The van der Waals surface area contributed by atoms with E-state index in [2.05, 4.69) is 28.5 Å². The zero-order chi connectivity index (χ0) is 12.4. The van der Waals surface area contributed by atoms with Crippen molar-refractivity contribution in [2.75, 3.05) is 37.7 Å². The fourth-order valence-electron chi connectivity index (χ4n) is 3.93. The van der Waals surface area contributed by atoms with E-state index in [-0.39, 0.29) is 0 Å². The maximum Gasteiger partial charge on any atom is 0.0223 e. The molecule has 3 aliphatic rings. The number of thioether (sulfide) groups is 1. The van der Waals surface area contributed by atoms with Crippen LogP contribution in [0.5, 0.6) is 0 Å². The first-order valence-corrected chi connectivity index (χ1v) is 9.04. The van der Waals surface area contributed by atoms with Gasteiger partial charge in [-0.15, -0.1) is 0 Å². The van der Waals surface area contributed by atoms with Crippen molar-refractivity contribution in [3.05, 3.63) is 0 Å². The van der Waals surface area contributed by atoms with Crippen LogP contribution in [0.2, 0.25) is 0 Å². The van der Waals surface area contributed by atoms with Crippen molar-refractivity contribution in [3.63, 3.8) is 0 Å². The summed E-state index contributed by atoms with van der Waals surface area (Å²) in [5, 5.41) is 0. The van der Waals surface area contributed by atoms with Gasteiger partial charge in [0.15, 0.2) is 0 Å². The van der Waals surface area contributed by atoms with E-state index in [0.29, 0.717) is 0 Å². The van der Waals surface area contributed by atoms with Gasteiger partial charge in [0.2, 0.25) is 0 Å². The van der Waals surface area contributed by atoms with Crippen LogP contribution in [0.1, 0.15) is 39.0 Å². The molecule has 3 heterocycles. The molecule has 104 valence electrons. The Balaban J connectivity index is 1.54. The number of rotatable bonds is 2. The third-order valence-electron chi connectivity index (χ3n) is 5.15. The second kappa shape index (κ2) is 6.15. The predicted molar refractivity (Wildman–Crippen MR) is 80.3 cm³/mol. The average molecular weight is 268 g/mol. The molecule has 0 N–H and O–H groups in total. The lowest BCUT2D eigenvalue weighted by atomic mass is 9.95. The van der Waals surface area contributed by atoms with Crippen LogP contribution < -0.4 is 0 Å². The molecule has 3 fully saturated rings. The minimum atomic E-state index is 0.786. The van der Waals surface area contributed by atoms with Gasteiger partial charge in [0.05, 0.1) is 0 Å². The van der Waals surface area contributed by atoms with Crippen molar-refractivity contribution < 1.29 is 0 Å². The zero-order valence-corrected chi connectivity index (χ0v) is 12.6. The minimum absolute atomic E-state index is 0.786. The van der Waals surface area contributed by atoms with Crippen molar-refractivity contribution in [1.29, 1.82) is 0 Å². The van der Waals surface area contributed by atoms with Gasteiger partial charge in [-0.1, -0.05) is 6.42 Å². The first kappa shape index (κ1) is 13.3. The highest BCUT2D eigenvalue weighted by molar-refractivity contribution is 7.99. The van der Waals surface area contributed by atoms with Gasteiger partial charge in [0.1, 0.15) is 0 Å². The van der Waals surface area contributed by atoms with Crippen LogP contribution in [-0.4, -0.2) is 59.6 Å². The fraction of sp³-hybridized carbons (Fsp3) is 1.00. The molecule has 2 nitrogen and oxygen atoms in total. The molecule has 0 aliphatic carbocycles. The van der Waals surface area contributed by atoms with E-state index in [1.807, 2.05) is 0 Å². The molecule has 0 bridgehead atoms. The molecule has 0 radical (unpaired) electrons. The maximum absolute atomic E-state index is 2.81. The molecule has 2 unspecified atom stereocenters. The van der Waals surface area contributed by atoms with E-state index in [1.54, 1.807) is 0 Å². The maximum atomic E-state index is 2.81. The number of fused-ring (bicyclic) bond motifs is 1. The summed E-state index contributed by atoms with van der Waals surface area (Å²) in [7, 11) is 0. The van der Waals surface area contributed by atoms with E-state index >= 15 is 0 Å². The Morgan fingerprint density at radius 2 is 1.89 bits per heavy atom. The minimum Gasteiger partial charge on any atom is -0.298 e. The summed E-state index contributed by atoms with van der Waals surface area (Å²) in [4.78, 5) is 5.58. The van der Waals surface area contributed by atoms with Crippen molar-refractivity contribution in [3.8, 4) is 0 Å². The number of piperidine rings is 1. The molecule has 3 saturated heterocycles. The Morgan fingerprint density at radius 1 is 1.06 bits per heavy atom. The molecule has 0 aromatic rings. The highest BCUT2D eigenvalue weighted by atomic mass is 32.2. The standard InChI is InChI=1S/C15H28N2S/c1-13-10-16-7-3-2-4-15(16)12-17(13)11-14-5-8-18-9-6-14/h13-15H,2-12H2,1H3. The van der Waals surface area contributed by atoms with Gasteiger partial charge < -0.3 is 0 Å². The SMILES string of the molecule is CC1CN2CCCCC2CN1CC1CCSCC1. The van der Waals surface area contributed by atoms with Gasteiger partial charge in [-0.3, -0.25) is 9.80 Å². The van der Waals surface area contributed by atoms with Crippen LogP contribution in [-0.2, 0) is 0 Å². The smallest absolute Gasteiger partial charge is 0.0223 e. The molecule has 3 aliphatic heterocycles. The van der Waals surface area contributed by atoms with Crippen LogP contribution in [0, 0.1) is 5.92 Å². The Bertz CT molecular complexity index is 263. The molecule has 0 spiro atoms. The van der Waals surface area contributed by atoms with Gasteiger partial charge in [-0.25, -0.2) is 0 Å². The molecule has 2 atom stereocenters. The first-order chi connectivity index (χ1) is 8.83. The first-order valence-electron chi connectivity index (χ1n) is 7.89. The van der Waals surface area contributed by atoms with Crippen LogP contribution in [0.25, 0.3) is 0 Å². The van der Waals surface area contributed by atoms with Gasteiger partial charge in [-0.2, -0.15) is 11.8 Å². The Hall–Kier alpha value is 0.270. The van der Waals surface area contributed by atoms with E-state index in [4.69, 9.17) is 0 Å². The van der Waals surface area contributed by atoms with Gasteiger partial charge in [0.25, 0.3) is 0 Å². The molecule has 3 heteroatoms. The summed E-state index contributed by atoms with van der Waals surface area (Å²) >= 11 is 2.15. The third-order valence-corrected chi connectivity index (χ3v) is 6.20. The normalized spacial score (nSPS) is 36.5. The molecule has 3 rings (SSSR count). The van der Waals surface area contributed by atoms with Gasteiger partial charge in [-0.05, 0) is 56.6 Å². The molecular formula is C15H28N2S. The lowest BCUT2D eigenvalue weighted by Crippen LogP contribution is -2.59. The van der Waals surface area contributed by atoms with E-state index in [0.717, 1.165) is 18.0 Å². The van der Waals surface area contributed by atoms with Crippen molar-refractivity contribution >= 4 is 11.8 Å². The van der Waals surface area contributed by atoms with Crippen LogP contribution in [0.4, 0.5) is 0 Å². The fourth-order valence-corrected chi connectivity index (χ4v) is 5.13. The monoisotopic (exact) mass is 268 g/mol. The summed E-state index contributed by atoms with van der Waals surface area (Å²) in [6, 6.07) is 1.67. The summed E-state index contributed by atoms with van der Waals surface area (Å²) in [6.07, 6.45) is 7.26. The summed E-state index contributed by atoms with van der Waals surface area (Å²) in [5.41, 5.74) is 0. The van der Waals surface area contributed by atoms with Gasteiger partial charge in [0, 0.05) is 31.7 Å². The van der Waals surface area contributed by atoms with Crippen molar-refractivity contribution in [1.82, 2.24) is 9.80 Å². The number of hydrogen-bond donors (Lipinski definition) is 0. The number of hydrogen-bond acceptors (Lipinski definition) is 3. The summed E-state index contributed by atoms with van der Waals surface area (Å²) < 4.78 is 0. The Morgan fingerprint density at radius 3 is 2.72 bits per heavy atom. The molecule has 0 aromatic heterocycles. The second-order valence-electron chi connectivity index (χ2n) is 6.50. The summed E-state index contributed by atoms with van der Waals surface area (Å²) in [5.74, 6) is 3.80. The number of piperazine rings is 1. The molecule has 0 amide bonds. The summed E-state index contributed by atoms with van der Waals surface area (Å²) in [6.45, 7) is 7.87. The quantitative estimate of drug-likeness (QED) is 0.760. The predicted octanol–water partition coefficient (Wildman–Crippen LogP) is 2.69. The van der Waals surface area contributed by atoms with E-state index in [9.17, 15) is 0 Å².